The van der Waals surface area contributed by atoms with E-state index in [1.54, 1.807) is 54.7 Å². The number of thiocarbonyl (C=S) groups is 1. The van der Waals surface area contributed by atoms with Crippen molar-refractivity contribution in [2.75, 3.05) is 5.32 Å². The molecular weight excluding hydrogens is 394 g/mol. The first kappa shape index (κ1) is 19.5. The lowest BCUT2D eigenvalue weighted by Gasteiger charge is -2.06. The number of para-hydroxylation sites is 1. The van der Waals surface area contributed by atoms with Crippen LogP contribution in [0.5, 0.6) is 5.75 Å². The van der Waals surface area contributed by atoms with Gasteiger partial charge < -0.3 is 10.1 Å². The number of benzene rings is 3. The molecule has 0 aliphatic heterocycles. The van der Waals surface area contributed by atoms with Crippen molar-refractivity contribution in [1.82, 2.24) is 5.43 Å². The molecule has 5 nitrogen and oxygen atoms in total. The number of hydrazone groups is 1. The van der Waals surface area contributed by atoms with Crippen LogP contribution in [0.4, 0.5) is 5.69 Å². The molecule has 28 heavy (non-hydrogen) atoms. The minimum atomic E-state index is -0.470. The van der Waals surface area contributed by atoms with Gasteiger partial charge in [-0.1, -0.05) is 35.9 Å². The first-order chi connectivity index (χ1) is 13.6. The van der Waals surface area contributed by atoms with Crippen LogP contribution in [0.2, 0.25) is 5.02 Å². The number of nitrogens with one attached hydrogen (secondary N) is 2. The molecule has 3 aromatic carbocycles. The Hall–Kier alpha value is -3.22. The van der Waals surface area contributed by atoms with Crippen LogP contribution in [0.3, 0.4) is 0 Å². The first-order valence-corrected chi connectivity index (χ1v) is 9.12. The molecule has 0 aliphatic carbocycles. The monoisotopic (exact) mass is 409 g/mol. The fourth-order valence-electron chi connectivity index (χ4n) is 2.25. The van der Waals surface area contributed by atoms with Gasteiger partial charge in [0.25, 0.3) is 0 Å². The third-order valence-corrected chi connectivity index (χ3v) is 3.99. The maximum Gasteiger partial charge on any atom is 0.343 e. The van der Waals surface area contributed by atoms with Crippen LogP contribution in [0.25, 0.3) is 0 Å². The van der Waals surface area contributed by atoms with Gasteiger partial charge in [0, 0.05) is 10.7 Å². The number of hydrogen-bond acceptors (Lipinski definition) is 4. The fraction of sp³-hybridized carbons (Fsp3) is 0. The molecule has 0 bridgehead atoms. The summed E-state index contributed by atoms with van der Waals surface area (Å²) < 4.78 is 5.33. The number of ether oxygens (including phenoxy) is 1. The van der Waals surface area contributed by atoms with Crippen molar-refractivity contribution >= 4 is 46.8 Å². The number of nitrogens with zero attached hydrogens (tertiary/aromatic N) is 1. The number of esters is 1. The van der Waals surface area contributed by atoms with Crippen LogP contribution in [0.15, 0.2) is 84.0 Å². The lowest BCUT2D eigenvalue weighted by atomic mass is 10.2. The molecule has 0 saturated heterocycles. The van der Waals surface area contributed by atoms with E-state index in [0.29, 0.717) is 21.4 Å². The number of hydrogen-bond donors (Lipinski definition) is 2. The highest BCUT2D eigenvalue weighted by atomic mass is 35.5. The summed E-state index contributed by atoms with van der Waals surface area (Å²) in [7, 11) is 0. The summed E-state index contributed by atoms with van der Waals surface area (Å²) >= 11 is 11.1. The van der Waals surface area contributed by atoms with E-state index in [0.717, 1.165) is 11.3 Å². The highest BCUT2D eigenvalue weighted by molar-refractivity contribution is 7.80. The second kappa shape index (κ2) is 9.64. The van der Waals surface area contributed by atoms with Gasteiger partial charge in [0.2, 0.25) is 0 Å². The number of rotatable bonds is 5. The van der Waals surface area contributed by atoms with Crippen LogP contribution >= 0.6 is 23.8 Å². The molecule has 7 heteroatoms. The quantitative estimate of drug-likeness (QED) is 0.207. The van der Waals surface area contributed by atoms with Gasteiger partial charge in [-0.15, -0.1) is 0 Å². The Morgan fingerprint density at radius 3 is 2.46 bits per heavy atom. The standard InChI is InChI=1S/C21H16ClN3O2S/c22-17-6-4-5-16(13-17)20(26)27-19-11-9-15(10-12-19)14-23-25-21(28)24-18-7-2-1-3-8-18/h1-14H,(H2,24,25,28)/b23-14-. The lowest BCUT2D eigenvalue weighted by molar-refractivity contribution is 0.0735. The van der Waals surface area contributed by atoms with Crippen molar-refractivity contribution in [2.45, 2.75) is 0 Å². The van der Waals surface area contributed by atoms with Crippen molar-refractivity contribution in [1.29, 1.82) is 0 Å². The lowest BCUT2D eigenvalue weighted by Crippen LogP contribution is -2.23. The third kappa shape index (κ3) is 5.90. The number of carbonyl (C=O) groups excluding carboxylic acids is 1. The van der Waals surface area contributed by atoms with Gasteiger partial charge in [0.05, 0.1) is 11.8 Å². The largest absolute Gasteiger partial charge is 0.423 e. The van der Waals surface area contributed by atoms with Gasteiger partial charge in [-0.05, 0) is 72.4 Å². The summed E-state index contributed by atoms with van der Waals surface area (Å²) in [5.74, 6) is -0.0423. The van der Waals surface area contributed by atoms with Gasteiger partial charge in [-0.2, -0.15) is 5.10 Å². The van der Waals surface area contributed by atoms with Gasteiger partial charge in [0.1, 0.15) is 5.75 Å². The van der Waals surface area contributed by atoms with Gasteiger partial charge in [-0.25, -0.2) is 4.79 Å². The average Bonchev–Trinajstić information content (AvgIpc) is 2.70. The van der Waals surface area contributed by atoms with Crippen LogP contribution in [-0.4, -0.2) is 17.3 Å². The van der Waals surface area contributed by atoms with E-state index in [9.17, 15) is 4.79 Å². The normalized spacial score (nSPS) is 10.5. The molecule has 0 spiro atoms. The van der Waals surface area contributed by atoms with E-state index < -0.39 is 5.97 Å². The minimum Gasteiger partial charge on any atom is -0.423 e. The summed E-state index contributed by atoms with van der Waals surface area (Å²) in [5.41, 5.74) is 4.83. The maximum atomic E-state index is 12.1. The molecule has 3 aromatic rings. The number of carbonyl (C=O) groups is 1. The third-order valence-electron chi connectivity index (χ3n) is 3.56. The summed E-state index contributed by atoms with van der Waals surface area (Å²) in [5, 5.41) is 7.97. The van der Waals surface area contributed by atoms with Crippen molar-refractivity contribution in [3.63, 3.8) is 0 Å². The SMILES string of the molecule is O=C(Oc1ccc(/C=N\NC(=S)Nc2ccccc2)cc1)c1cccc(Cl)c1. The predicted octanol–water partition coefficient (Wildman–Crippen LogP) is 4.88. The smallest absolute Gasteiger partial charge is 0.343 e. The highest BCUT2D eigenvalue weighted by Crippen LogP contribution is 2.16. The predicted molar refractivity (Wildman–Crippen MR) is 116 cm³/mol. The molecule has 0 radical (unpaired) electrons. The van der Waals surface area contributed by atoms with Crippen LogP contribution < -0.4 is 15.5 Å². The summed E-state index contributed by atoms with van der Waals surface area (Å²) in [6.45, 7) is 0. The molecule has 0 aliphatic rings. The van der Waals surface area contributed by atoms with E-state index >= 15 is 0 Å². The summed E-state index contributed by atoms with van der Waals surface area (Å²) in [4.78, 5) is 12.1. The Balaban J connectivity index is 1.52. The summed E-state index contributed by atoms with van der Waals surface area (Å²) in [6, 6.07) is 23.1. The number of anilines is 1. The topological polar surface area (TPSA) is 62.7 Å². The van der Waals surface area contributed by atoms with Crippen LogP contribution in [0.1, 0.15) is 15.9 Å². The Bertz CT molecular complexity index is 992. The molecule has 3 rings (SSSR count). The second-order valence-electron chi connectivity index (χ2n) is 5.66. The highest BCUT2D eigenvalue weighted by Gasteiger charge is 2.08. The van der Waals surface area contributed by atoms with E-state index in [-0.39, 0.29) is 0 Å². The molecule has 0 amide bonds. The molecule has 0 fully saturated rings. The van der Waals surface area contributed by atoms with Crippen molar-refractivity contribution in [3.8, 4) is 5.75 Å². The first-order valence-electron chi connectivity index (χ1n) is 8.33. The summed E-state index contributed by atoms with van der Waals surface area (Å²) in [6.07, 6.45) is 1.61. The van der Waals surface area contributed by atoms with Crippen LogP contribution in [-0.2, 0) is 0 Å². The van der Waals surface area contributed by atoms with Crippen molar-refractivity contribution in [3.05, 3.63) is 95.0 Å². The Labute approximate surface area is 173 Å². The molecule has 0 saturated carbocycles. The van der Waals surface area contributed by atoms with Crippen LogP contribution in [0, 0.1) is 0 Å². The fourth-order valence-corrected chi connectivity index (χ4v) is 2.61. The van der Waals surface area contributed by atoms with Crippen molar-refractivity contribution in [2.24, 2.45) is 5.10 Å². The average molecular weight is 410 g/mol. The zero-order valence-electron chi connectivity index (χ0n) is 14.6. The number of halogens is 1. The van der Waals surface area contributed by atoms with E-state index in [2.05, 4.69) is 15.8 Å². The van der Waals surface area contributed by atoms with E-state index in [4.69, 9.17) is 28.6 Å². The Morgan fingerprint density at radius 1 is 1.00 bits per heavy atom. The molecule has 0 unspecified atom stereocenters. The molecule has 2 N–H and O–H groups in total. The minimum absolute atomic E-state index is 0.384. The van der Waals surface area contributed by atoms with E-state index in [1.165, 1.54) is 0 Å². The molecule has 0 atom stereocenters. The Morgan fingerprint density at radius 2 is 1.75 bits per heavy atom. The van der Waals surface area contributed by atoms with Gasteiger partial charge in [0.15, 0.2) is 5.11 Å². The zero-order chi connectivity index (χ0) is 19.8. The van der Waals surface area contributed by atoms with E-state index in [1.807, 2.05) is 30.3 Å². The molecule has 140 valence electrons. The maximum absolute atomic E-state index is 12.1. The molecule has 0 aromatic heterocycles. The van der Waals surface area contributed by atoms with Gasteiger partial charge >= 0.3 is 5.97 Å². The molecular formula is C21H16ClN3O2S. The van der Waals surface area contributed by atoms with Crippen molar-refractivity contribution < 1.29 is 9.53 Å². The second-order valence-corrected chi connectivity index (χ2v) is 6.50. The Kier molecular flexibility index (Phi) is 6.73. The van der Waals surface area contributed by atoms with Gasteiger partial charge in [-0.3, -0.25) is 5.43 Å². The molecule has 0 heterocycles. The zero-order valence-corrected chi connectivity index (χ0v) is 16.2.